The lowest BCUT2D eigenvalue weighted by molar-refractivity contribution is -0.137. The van der Waals surface area contributed by atoms with Crippen molar-refractivity contribution in [2.24, 2.45) is 0 Å². The molecule has 5 nitrogen and oxygen atoms in total. The Morgan fingerprint density at radius 1 is 1.23 bits per heavy atom. The van der Waals surface area contributed by atoms with Crippen LogP contribution in [0, 0.1) is 0 Å². The number of esters is 1. The second-order valence-corrected chi connectivity index (χ2v) is 7.74. The van der Waals surface area contributed by atoms with Crippen LogP contribution >= 0.6 is 11.3 Å². The topological polar surface area (TPSA) is 64.1 Å². The molecule has 0 atom stereocenters. The molecule has 0 saturated heterocycles. The van der Waals surface area contributed by atoms with Gasteiger partial charge in [0.25, 0.3) is 0 Å². The molecule has 0 spiro atoms. The van der Waals surface area contributed by atoms with Gasteiger partial charge in [0.05, 0.1) is 23.2 Å². The van der Waals surface area contributed by atoms with Gasteiger partial charge >= 0.3 is 12.1 Å². The Bertz CT molecular complexity index is 1070. The number of alkyl halides is 3. The van der Waals surface area contributed by atoms with E-state index in [4.69, 9.17) is 7.85 Å². The third kappa shape index (κ3) is 4.64. The standard InChI is InChI=1S/C20H17BF3N3O2S/c1-10(2)15-16(11-4-6-13(21)7-5-11)30-19(26-15)27-17-14(18(28)29-3)8-12(9-25-17)20(22,23)24/h4-10H,1-3H3,(H,25,26,27). The smallest absolute Gasteiger partial charge is 0.417 e. The van der Waals surface area contributed by atoms with E-state index in [0.29, 0.717) is 22.9 Å². The number of carbonyl (C=O) groups excluding carboxylic acids is 1. The molecular weight excluding hydrogens is 414 g/mol. The number of anilines is 2. The van der Waals surface area contributed by atoms with E-state index in [9.17, 15) is 18.0 Å². The Hall–Kier alpha value is -2.88. The first-order valence-corrected chi connectivity index (χ1v) is 9.71. The molecule has 0 aliphatic carbocycles. The summed E-state index contributed by atoms with van der Waals surface area (Å²) in [6, 6.07) is 8.00. The molecule has 0 fully saturated rings. The van der Waals surface area contributed by atoms with Gasteiger partial charge in [0.2, 0.25) is 0 Å². The molecule has 2 radical (unpaired) electrons. The van der Waals surface area contributed by atoms with Crippen LogP contribution in [0.1, 0.15) is 41.4 Å². The molecular formula is C20H17BF3N3O2S. The van der Waals surface area contributed by atoms with Crippen molar-refractivity contribution in [3.63, 3.8) is 0 Å². The van der Waals surface area contributed by atoms with Crippen LogP contribution in [0.25, 0.3) is 10.4 Å². The molecule has 1 aromatic carbocycles. The third-order valence-electron chi connectivity index (χ3n) is 4.22. The summed E-state index contributed by atoms with van der Waals surface area (Å²) in [4.78, 5) is 21.3. The molecule has 0 saturated carbocycles. The number of thiazole rings is 1. The molecule has 154 valence electrons. The predicted octanol–water partition coefficient (Wildman–Crippen LogP) is 4.67. The van der Waals surface area contributed by atoms with Gasteiger partial charge < -0.3 is 10.1 Å². The van der Waals surface area contributed by atoms with Crippen molar-refractivity contribution in [2.75, 3.05) is 12.4 Å². The number of nitrogens with zero attached hydrogens (tertiary/aromatic N) is 2. The molecule has 30 heavy (non-hydrogen) atoms. The minimum absolute atomic E-state index is 0.0669. The molecule has 2 heterocycles. The Labute approximate surface area is 176 Å². The number of methoxy groups -OCH3 is 1. The molecule has 0 aliphatic heterocycles. The largest absolute Gasteiger partial charge is 0.465 e. The summed E-state index contributed by atoms with van der Waals surface area (Å²) in [5.74, 6) is -0.914. The number of nitrogens with one attached hydrogen (secondary N) is 1. The Morgan fingerprint density at radius 3 is 2.47 bits per heavy atom. The van der Waals surface area contributed by atoms with E-state index < -0.39 is 17.7 Å². The van der Waals surface area contributed by atoms with E-state index in [1.165, 1.54) is 11.3 Å². The number of hydrogen-bond donors (Lipinski definition) is 1. The van der Waals surface area contributed by atoms with Crippen LogP contribution in [0.15, 0.2) is 36.5 Å². The first kappa shape index (κ1) is 21.8. The van der Waals surface area contributed by atoms with Crippen LogP contribution in [0.2, 0.25) is 0 Å². The fourth-order valence-electron chi connectivity index (χ4n) is 2.70. The summed E-state index contributed by atoms with van der Waals surface area (Å²) in [5.41, 5.74) is 0.968. The monoisotopic (exact) mass is 431 g/mol. The lowest BCUT2D eigenvalue weighted by atomic mass is 9.94. The van der Waals surface area contributed by atoms with Crippen molar-refractivity contribution in [2.45, 2.75) is 25.9 Å². The molecule has 0 aliphatic rings. The van der Waals surface area contributed by atoms with E-state index in [-0.39, 0.29) is 17.3 Å². The number of pyridine rings is 1. The van der Waals surface area contributed by atoms with Gasteiger partial charge in [-0.1, -0.05) is 54.9 Å². The second kappa shape index (κ2) is 8.47. The van der Waals surface area contributed by atoms with E-state index in [0.717, 1.165) is 23.2 Å². The van der Waals surface area contributed by atoms with Crippen molar-refractivity contribution in [1.82, 2.24) is 9.97 Å². The Kier molecular flexibility index (Phi) is 6.16. The van der Waals surface area contributed by atoms with E-state index >= 15 is 0 Å². The Balaban J connectivity index is 2.03. The molecule has 2 aromatic heterocycles. The van der Waals surface area contributed by atoms with E-state index in [1.54, 1.807) is 12.1 Å². The first-order chi connectivity index (χ1) is 14.1. The van der Waals surface area contributed by atoms with Gasteiger partial charge in [0.15, 0.2) is 5.13 Å². The van der Waals surface area contributed by atoms with E-state index in [1.807, 2.05) is 26.0 Å². The predicted molar refractivity (Wildman–Crippen MR) is 111 cm³/mol. The van der Waals surface area contributed by atoms with Gasteiger partial charge in [-0.2, -0.15) is 13.2 Å². The molecule has 10 heteroatoms. The fraction of sp³-hybridized carbons (Fsp3) is 0.250. The lowest BCUT2D eigenvalue weighted by Crippen LogP contribution is -2.12. The molecule has 3 rings (SSSR count). The van der Waals surface area contributed by atoms with Gasteiger partial charge in [-0.25, -0.2) is 14.8 Å². The maximum absolute atomic E-state index is 13.0. The lowest BCUT2D eigenvalue weighted by Gasteiger charge is -2.11. The summed E-state index contributed by atoms with van der Waals surface area (Å²) in [6.45, 7) is 3.96. The highest BCUT2D eigenvalue weighted by atomic mass is 32.1. The van der Waals surface area contributed by atoms with Crippen molar-refractivity contribution in [3.05, 3.63) is 53.3 Å². The van der Waals surface area contributed by atoms with Crippen molar-refractivity contribution < 1.29 is 22.7 Å². The highest BCUT2D eigenvalue weighted by Gasteiger charge is 2.33. The van der Waals surface area contributed by atoms with Crippen LogP contribution in [0.4, 0.5) is 24.1 Å². The third-order valence-corrected chi connectivity index (χ3v) is 5.25. The summed E-state index contributed by atoms with van der Waals surface area (Å²) in [6.07, 6.45) is -3.98. The minimum atomic E-state index is -4.64. The average molecular weight is 431 g/mol. The van der Waals surface area contributed by atoms with Gasteiger partial charge in [0, 0.05) is 6.20 Å². The maximum Gasteiger partial charge on any atom is 0.417 e. The molecule has 0 amide bonds. The molecule has 0 unspecified atom stereocenters. The molecule has 1 N–H and O–H groups in total. The van der Waals surface area contributed by atoms with Crippen molar-refractivity contribution >= 4 is 41.6 Å². The number of rotatable bonds is 5. The van der Waals surface area contributed by atoms with Gasteiger partial charge in [-0.05, 0) is 17.5 Å². The quantitative estimate of drug-likeness (QED) is 0.470. The second-order valence-electron chi connectivity index (χ2n) is 6.74. The molecule has 3 aromatic rings. The number of aromatic nitrogens is 2. The zero-order valence-electron chi connectivity index (χ0n) is 16.4. The maximum atomic E-state index is 13.0. The van der Waals surface area contributed by atoms with Gasteiger partial charge in [-0.15, -0.1) is 0 Å². The van der Waals surface area contributed by atoms with Crippen LogP contribution in [0.5, 0.6) is 0 Å². The normalized spacial score (nSPS) is 11.6. The van der Waals surface area contributed by atoms with Crippen molar-refractivity contribution in [3.8, 4) is 10.4 Å². The minimum Gasteiger partial charge on any atom is -0.465 e. The summed E-state index contributed by atoms with van der Waals surface area (Å²) in [5, 5.41) is 3.26. The average Bonchev–Trinajstić information content (AvgIpc) is 3.11. The molecule has 0 bridgehead atoms. The summed E-state index contributed by atoms with van der Waals surface area (Å²) < 4.78 is 43.7. The van der Waals surface area contributed by atoms with E-state index in [2.05, 4.69) is 20.0 Å². The first-order valence-electron chi connectivity index (χ1n) is 8.89. The summed E-state index contributed by atoms with van der Waals surface area (Å²) in [7, 11) is 6.84. The number of carbonyl (C=O) groups is 1. The fourth-order valence-corrected chi connectivity index (χ4v) is 3.83. The zero-order valence-corrected chi connectivity index (χ0v) is 17.2. The van der Waals surface area contributed by atoms with Crippen LogP contribution < -0.4 is 10.8 Å². The van der Waals surface area contributed by atoms with Crippen molar-refractivity contribution in [1.29, 1.82) is 0 Å². The number of ether oxygens (including phenoxy) is 1. The number of benzene rings is 1. The van der Waals surface area contributed by atoms with Crippen LogP contribution in [-0.2, 0) is 10.9 Å². The zero-order chi connectivity index (χ0) is 22.1. The van der Waals surface area contributed by atoms with Crippen LogP contribution in [-0.4, -0.2) is 30.9 Å². The highest BCUT2D eigenvalue weighted by Crippen LogP contribution is 2.38. The van der Waals surface area contributed by atoms with Gasteiger partial charge in [-0.3, -0.25) is 0 Å². The number of hydrogen-bond acceptors (Lipinski definition) is 6. The summed E-state index contributed by atoms with van der Waals surface area (Å²) >= 11 is 1.30. The van der Waals surface area contributed by atoms with Crippen LogP contribution in [0.3, 0.4) is 0 Å². The SMILES string of the molecule is [B]c1ccc(-c2sc(Nc3ncc(C(F)(F)F)cc3C(=O)OC)nc2C(C)C)cc1. The Morgan fingerprint density at radius 2 is 1.90 bits per heavy atom. The highest BCUT2D eigenvalue weighted by molar-refractivity contribution is 7.19. The number of halogens is 3. The van der Waals surface area contributed by atoms with Gasteiger partial charge in [0.1, 0.15) is 19.2 Å².